The summed E-state index contributed by atoms with van der Waals surface area (Å²) < 4.78 is 0. The van der Waals surface area contributed by atoms with Crippen molar-refractivity contribution in [2.75, 3.05) is 6.61 Å². The molecule has 0 fully saturated rings. The number of hydrogen-bond acceptors (Lipinski definition) is 4. The Morgan fingerprint density at radius 3 is 2.09 bits per heavy atom. The SMILES string of the molecule is CCCCCCC(=O)CCCCCC(C)C(O)C(N)CO.Cl. The lowest BCUT2D eigenvalue weighted by molar-refractivity contribution is -0.119. The largest absolute Gasteiger partial charge is 0.395 e. The van der Waals surface area contributed by atoms with Crippen LogP contribution < -0.4 is 5.73 Å². The highest BCUT2D eigenvalue weighted by Gasteiger charge is 2.20. The monoisotopic (exact) mass is 337 g/mol. The van der Waals surface area contributed by atoms with Crippen molar-refractivity contribution in [1.82, 2.24) is 0 Å². The number of carbonyl (C=O) groups is 1. The molecule has 0 heterocycles. The predicted molar refractivity (Wildman–Crippen MR) is 94.3 cm³/mol. The maximum Gasteiger partial charge on any atom is 0.132 e. The van der Waals surface area contributed by atoms with Crippen LogP contribution in [0.3, 0.4) is 0 Å². The summed E-state index contributed by atoms with van der Waals surface area (Å²) in [6, 6.07) is -0.551. The molecule has 0 rings (SSSR count). The summed E-state index contributed by atoms with van der Waals surface area (Å²) in [7, 11) is 0. The Morgan fingerprint density at radius 1 is 1.05 bits per heavy atom. The zero-order valence-corrected chi connectivity index (χ0v) is 15.1. The number of nitrogens with two attached hydrogens (primary N) is 1. The second kappa shape index (κ2) is 15.7. The minimum atomic E-state index is -0.643. The third-order valence-electron chi connectivity index (χ3n) is 4.16. The quantitative estimate of drug-likeness (QED) is 0.425. The summed E-state index contributed by atoms with van der Waals surface area (Å²) in [5.41, 5.74) is 5.61. The molecule has 0 spiro atoms. The van der Waals surface area contributed by atoms with Gasteiger partial charge >= 0.3 is 0 Å². The number of hydrogen-bond donors (Lipinski definition) is 3. The van der Waals surface area contributed by atoms with E-state index in [9.17, 15) is 9.90 Å². The first-order valence-corrected chi connectivity index (χ1v) is 8.59. The number of carbonyl (C=O) groups excluding carboxylic acids is 1. The Labute approximate surface area is 142 Å². The molecule has 0 aromatic heterocycles. The first kappa shape index (κ1) is 24.1. The Kier molecular flexibility index (Phi) is 17.2. The van der Waals surface area contributed by atoms with Crippen LogP contribution in [0.5, 0.6) is 0 Å². The van der Waals surface area contributed by atoms with Gasteiger partial charge in [-0.1, -0.05) is 46.0 Å². The van der Waals surface area contributed by atoms with Crippen molar-refractivity contribution in [2.45, 2.75) is 90.2 Å². The summed E-state index contributed by atoms with van der Waals surface area (Å²) in [6.07, 6.45) is 9.28. The van der Waals surface area contributed by atoms with Crippen LogP contribution in [0.15, 0.2) is 0 Å². The van der Waals surface area contributed by atoms with Gasteiger partial charge in [0.1, 0.15) is 5.78 Å². The van der Waals surface area contributed by atoms with E-state index in [1.54, 1.807) is 0 Å². The summed E-state index contributed by atoms with van der Waals surface area (Å²) >= 11 is 0. The molecule has 3 atom stereocenters. The molecule has 0 amide bonds. The number of Topliss-reactive ketones (excluding diaryl/α,β-unsaturated/α-hetero) is 1. The van der Waals surface area contributed by atoms with Crippen molar-refractivity contribution >= 4 is 18.2 Å². The summed E-state index contributed by atoms with van der Waals surface area (Å²) in [5.74, 6) is 0.485. The van der Waals surface area contributed by atoms with Crippen LogP contribution in [0, 0.1) is 5.92 Å². The molecule has 0 saturated heterocycles. The standard InChI is InChI=1S/C17H35NO3.ClH/c1-3-4-5-8-11-15(20)12-9-6-7-10-14(2)17(21)16(18)13-19;/h14,16-17,19,21H,3-13,18H2,1-2H3;1H. The molecule has 0 radical (unpaired) electrons. The molecule has 4 nitrogen and oxygen atoms in total. The van der Waals surface area contributed by atoms with E-state index in [-0.39, 0.29) is 24.9 Å². The Balaban J connectivity index is 0. The van der Waals surface area contributed by atoms with Crippen molar-refractivity contribution < 1.29 is 15.0 Å². The van der Waals surface area contributed by atoms with Crippen LogP contribution in [0.2, 0.25) is 0 Å². The van der Waals surface area contributed by atoms with Crippen molar-refractivity contribution in [3.05, 3.63) is 0 Å². The lowest BCUT2D eigenvalue weighted by atomic mass is 9.93. The second-order valence-corrected chi connectivity index (χ2v) is 6.26. The minimum absolute atomic E-state index is 0. The van der Waals surface area contributed by atoms with Crippen LogP contribution in [-0.4, -0.2) is 34.7 Å². The molecule has 3 unspecified atom stereocenters. The molecule has 22 heavy (non-hydrogen) atoms. The van der Waals surface area contributed by atoms with Crippen LogP contribution in [-0.2, 0) is 4.79 Å². The van der Waals surface area contributed by atoms with Gasteiger partial charge in [0, 0.05) is 12.8 Å². The molecular weight excluding hydrogens is 302 g/mol. The van der Waals surface area contributed by atoms with Gasteiger partial charge in [0.2, 0.25) is 0 Å². The zero-order valence-electron chi connectivity index (χ0n) is 14.3. The molecule has 0 aromatic carbocycles. The van der Waals surface area contributed by atoms with Gasteiger partial charge in [-0.2, -0.15) is 0 Å². The molecule has 0 aliphatic heterocycles. The number of rotatable bonds is 14. The fourth-order valence-electron chi connectivity index (χ4n) is 2.54. The molecule has 0 aliphatic carbocycles. The first-order chi connectivity index (χ1) is 10.0. The molecule has 134 valence electrons. The number of aliphatic hydroxyl groups excluding tert-OH is 2. The Morgan fingerprint density at radius 2 is 1.59 bits per heavy atom. The maximum absolute atomic E-state index is 11.7. The van der Waals surface area contributed by atoms with E-state index in [1.165, 1.54) is 19.3 Å². The van der Waals surface area contributed by atoms with Gasteiger partial charge in [-0.05, 0) is 25.2 Å². The van der Waals surface area contributed by atoms with Crippen LogP contribution >= 0.6 is 12.4 Å². The topological polar surface area (TPSA) is 83.5 Å². The van der Waals surface area contributed by atoms with E-state index in [4.69, 9.17) is 10.8 Å². The molecule has 0 bridgehead atoms. The van der Waals surface area contributed by atoms with Crippen molar-refractivity contribution in [2.24, 2.45) is 11.7 Å². The molecular formula is C17H36ClNO3. The van der Waals surface area contributed by atoms with E-state index >= 15 is 0 Å². The normalized spacial score (nSPS) is 15.0. The van der Waals surface area contributed by atoms with E-state index in [1.807, 2.05) is 6.92 Å². The summed E-state index contributed by atoms with van der Waals surface area (Å²) in [4.78, 5) is 11.7. The van der Waals surface area contributed by atoms with E-state index in [0.29, 0.717) is 12.2 Å². The number of ketones is 1. The van der Waals surface area contributed by atoms with Gasteiger partial charge in [-0.15, -0.1) is 12.4 Å². The number of halogens is 1. The highest BCUT2D eigenvalue weighted by molar-refractivity contribution is 5.85. The number of unbranched alkanes of at least 4 members (excludes halogenated alkanes) is 5. The van der Waals surface area contributed by atoms with Gasteiger partial charge in [0.05, 0.1) is 18.8 Å². The predicted octanol–water partition coefficient (Wildman–Crippen LogP) is 3.21. The van der Waals surface area contributed by atoms with Crippen LogP contribution in [0.25, 0.3) is 0 Å². The molecule has 0 saturated carbocycles. The first-order valence-electron chi connectivity index (χ1n) is 8.59. The van der Waals surface area contributed by atoms with Crippen molar-refractivity contribution in [3.63, 3.8) is 0 Å². The lowest BCUT2D eigenvalue weighted by Crippen LogP contribution is -2.41. The van der Waals surface area contributed by atoms with Gasteiger partial charge in [0.15, 0.2) is 0 Å². The average molecular weight is 338 g/mol. The maximum atomic E-state index is 11.7. The fourth-order valence-corrected chi connectivity index (χ4v) is 2.54. The molecule has 0 aromatic rings. The third-order valence-corrected chi connectivity index (χ3v) is 4.16. The van der Waals surface area contributed by atoms with Crippen molar-refractivity contribution in [1.29, 1.82) is 0 Å². The highest BCUT2D eigenvalue weighted by Crippen LogP contribution is 2.16. The van der Waals surface area contributed by atoms with Crippen LogP contribution in [0.4, 0.5) is 0 Å². The molecule has 0 aliphatic rings. The van der Waals surface area contributed by atoms with Gasteiger partial charge in [-0.25, -0.2) is 0 Å². The molecule has 5 heteroatoms. The number of aliphatic hydroxyl groups is 2. The minimum Gasteiger partial charge on any atom is -0.395 e. The fraction of sp³-hybridized carbons (Fsp3) is 0.941. The smallest absolute Gasteiger partial charge is 0.132 e. The third kappa shape index (κ3) is 12.4. The Hall–Kier alpha value is -0.160. The Bertz CT molecular complexity index is 264. The van der Waals surface area contributed by atoms with E-state index in [2.05, 4.69) is 6.92 Å². The average Bonchev–Trinajstić information content (AvgIpc) is 2.49. The van der Waals surface area contributed by atoms with Gasteiger partial charge in [-0.3, -0.25) is 4.79 Å². The highest BCUT2D eigenvalue weighted by atomic mass is 35.5. The lowest BCUT2D eigenvalue weighted by Gasteiger charge is -2.23. The summed E-state index contributed by atoms with van der Waals surface area (Å²) in [6.45, 7) is 3.95. The van der Waals surface area contributed by atoms with Gasteiger partial charge in [0.25, 0.3) is 0 Å². The van der Waals surface area contributed by atoms with E-state index < -0.39 is 12.1 Å². The second-order valence-electron chi connectivity index (χ2n) is 6.26. The summed E-state index contributed by atoms with van der Waals surface area (Å²) in [5, 5.41) is 18.7. The van der Waals surface area contributed by atoms with Crippen LogP contribution in [0.1, 0.15) is 78.1 Å². The molecule has 4 N–H and O–H groups in total. The van der Waals surface area contributed by atoms with E-state index in [0.717, 1.165) is 38.5 Å². The zero-order chi connectivity index (χ0) is 16.1. The van der Waals surface area contributed by atoms with Crippen molar-refractivity contribution in [3.8, 4) is 0 Å². The van der Waals surface area contributed by atoms with Gasteiger partial charge < -0.3 is 15.9 Å².